The number of aliphatic hydroxyl groups excluding tert-OH is 1. The van der Waals surface area contributed by atoms with Crippen molar-refractivity contribution in [1.82, 2.24) is 0 Å². The highest BCUT2D eigenvalue weighted by Crippen LogP contribution is 2.23. The molecule has 0 unspecified atom stereocenters. The van der Waals surface area contributed by atoms with Gasteiger partial charge in [0.25, 0.3) is 10.1 Å². The molecule has 2 rings (SSSR count). The molecular weight excluding hydrogens is 388 g/mol. The summed E-state index contributed by atoms with van der Waals surface area (Å²) in [5.41, 5.74) is 0.0622. The van der Waals surface area contributed by atoms with E-state index >= 15 is 0 Å². The van der Waals surface area contributed by atoms with E-state index in [-0.39, 0.29) is 17.2 Å². The first-order valence-corrected chi connectivity index (χ1v) is 9.44. The summed E-state index contributed by atoms with van der Waals surface area (Å²) in [5, 5.41) is 18.0. The zero-order valence-electron chi connectivity index (χ0n) is 15.1. The number of aliphatic hydroxyl groups is 1. The minimum absolute atomic E-state index is 0.0663. The molecular formula is C18H18N2O7S. The number of benzene rings is 2. The van der Waals surface area contributed by atoms with E-state index in [4.69, 9.17) is 14.0 Å². The Morgan fingerprint density at radius 1 is 1.07 bits per heavy atom. The number of nitrogens with zero attached hydrogens (tertiary/aromatic N) is 2. The molecule has 148 valence electrons. The zero-order valence-corrected chi connectivity index (χ0v) is 15.9. The normalized spacial score (nSPS) is 12.5. The van der Waals surface area contributed by atoms with Gasteiger partial charge >= 0.3 is 5.97 Å². The SMILES string of the molecule is CCOC(=O)/C(N=Nc1ccc(S(=O)(=O)O)cc1)=C(\O)c1ccc(OC)cc1. The minimum Gasteiger partial charge on any atom is -0.505 e. The highest BCUT2D eigenvalue weighted by molar-refractivity contribution is 7.85. The Morgan fingerprint density at radius 3 is 2.18 bits per heavy atom. The van der Waals surface area contributed by atoms with E-state index in [9.17, 15) is 18.3 Å². The van der Waals surface area contributed by atoms with E-state index in [0.717, 1.165) is 12.1 Å². The predicted molar refractivity (Wildman–Crippen MR) is 99.9 cm³/mol. The molecule has 9 nitrogen and oxygen atoms in total. The number of carbonyl (C=O) groups is 1. The molecule has 0 aliphatic heterocycles. The van der Waals surface area contributed by atoms with Crippen molar-refractivity contribution >= 4 is 27.5 Å². The molecule has 0 bridgehead atoms. The monoisotopic (exact) mass is 406 g/mol. The first-order chi connectivity index (χ1) is 13.3. The fourth-order valence-corrected chi connectivity index (χ4v) is 2.54. The fraction of sp³-hybridized carbons (Fsp3) is 0.167. The molecule has 0 saturated carbocycles. The summed E-state index contributed by atoms with van der Waals surface area (Å²) in [6.45, 7) is 1.67. The van der Waals surface area contributed by atoms with Gasteiger partial charge in [0.2, 0.25) is 5.70 Å². The number of methoxy groups -OCH3 is 1. The number of hydrogen-bond acceptors (Lipinski definition) is 8. The maximum absolute atomic E-state index is 12.2. The average molecular weight is 406 g/mol. The summed E-state index contributed by atoms with van der Waals surface area (Å²) >= 11 is 0. The summed E-state index contributed by atoms with van der Waals surface area (Å²) in [6, 6.07) is 11.1. The van der Waals surface area contributed by atoms with Gasteiger partial charge in [-0.05, 0) is 55.5 Å². The quantitative estimate of drug-likeness (QED) is 0.236. The molecule has 0 heterocycles. The summed E-state index contributed by atoms with van der Waals surface area (Å²) in [5.74, 6) is -0.761. The highest BCUT2D eigenvalue weighted by atomic mass is 32.2. The molecule has 2 aromatic rings. The molecule has 2 aromatic carbocycles. The van der Waals surface area contributed by atoms with Crippen LogP contribution in [0.2, 0.25) is 0 Å². The van der Waals surface area contributed by atoms with Crippen LogP contribution in [0.4, 0.5) is 5.69 Å². The lowest BCUT2D eigenvalue weighted by atomic mass is 10.1. The van der Waals surface area contributed by atoms with Crippen LogP contribution in [0.15, 0.2) is 69.4 Å². The third kappa shape index (κ3) is 5.38. The maximum atomic E-state index is 12.2. The summed E-state index contributed by atoms with van der Waals surface area (Å²) in [4.78, 5) is 11.8. The maximum Gasteiger partial charge on any atom is 0.362 e. The number of rotatable bonds is 7. The van der Waals surface area contributed by atoms with Crippen LogP contribution < -0.4 is 4.74 Å². The van der Waals surface area contributed by atoms with Crippen LogP contribution in [-0.2, 0) is 19.6 Å². The van der Waals surface area contributed by atoms with Gasteiger partial charge < -0.3 is 14.6 Å². The van der Waals surface area contributed by atoms with Gasteiger partial charge in [0.15, 0.2) is 5.76 Å². The summed E-state index contributed by atoms with van der Waals surface area (Å²) in [7, 11) is -2.84. The molecule has 0 amide bonds. The van der Waals surface area contributed by atoms with Gasteiger partial charge in [-0.2, -0.15) is 13.5 Å². The van der Waals surface area contributed by atoms with Crippen molar-refractivity contribution in [2.24, 2.45) is 10.2 Å². The van der Waals surface area contributed by atoms with Gasteiger partial charge in [-0.3, -0.25) is 4.55 Å². The number of esters is 1. The number of ether oxygens (including phenoxy) is 2. The summed E-state index contributed by atoms with van der Waals surface area (Å²) in [6.07, 6.45) is 0. The molecule has 0 aliphatic rings. The molecule has 0 atom stereocenters. The van der Waals surface area contributed by atoms with E-state index < -0.39 is 27.5 Å². The van der Waals surface area contributed by atoms with Gasteiger partial charge in [-0.1, -0.05) is 0 Å². The molecule has 0 radical (unpaired) electrons. The molecule has 0 aliphatic carbocycles. The van der Waals surface area contributed by atoms with Crippen LogP contribution in [0.25, 0.3) is 5.76 Å². The predicted octanol–water partition coefficient (Wildman–Crippen LogP) is 3.52. The first-order valence-electron chi connectivity index (χ1n) is 8.00. The Balaban J connectivity index is 2.39. The number of carbonyl (C=O) groups excluding carboxylic acids is 1. The Hall–Kier alpha value is -3.24. The lowest BCUT2D eigenvalue weighted by Gasteiger charge is -2.07. The number of azo groups is 1. The Kier molecular flexibility index (Phi) is 6.85. The lowest BCUT2D eigenvalue weighted by molar-refractivity contribution is -0.138. The minimum atomic E-state index is -4.33. The fourth-order valence-electron chi connectivity index (χ4n) is 2.06. The first kappa shape index (κ1) is 21.1. The van der Waals surface area contributed by atoms with Crippen molar-refractivity contribution in [1.29, 1.82) is 0 Å². The van der Waals surface area contributed by atoms with Crippen molar-refractivity contribution in [2.45, 2.75) is 11.8 Å². The third-order valence-electron chi connectivity index (χ3n) is 3.46. The van der Waals surface area contributed by atoms with Gasteiger partial charge in [0.1, 0.15) is 5.75 Å². The molecule has 2 N–H and O–H groups in total. The van der Waals surface area contributed by atoms with Gasteiger partial charge in [0, 0.05) is 5.56 Å². The van der Waals surface area contributed by atoms with Crippen molar-refractivity contribution in [3.63, 3.8) is 0 Å². The van der Waals surface area contributed by atoms with Crippen LogP contribution in [0, 0.1) is 0 Å². The van der Waals surface area contributed by atoms with Gasteiger partial charge in [-0.25, -0.2) is 4.79 Å². The van der Waals surface area contributed by atoms with Gasteiger partial charge in [0.05, 0.1) is 24.3 Å². The van der Waals surface area contributed by atoms with Crippen molar-refractivity contribution in [3.05, 3.63) is 59.8 Å². The molecule has 0 saturated heterocycles. The smallest absolute Gasteiger partial charge is 0.362 e. The van der Waals surface area contributed by atoms with E-state index in [1.54, 1.807) is 19.1 Å². The zero-order chi connectivity index (χ0) is 20.7. The van der Waals surface area contributed by atoms with Crippen LogP contribution in [-0.4, -0.2) is 37.8 Å². The van der Waals surface area contributed by atoms with E-state index in [2.05, 4.69) is 10.2 Å². The molecule has 0 spiro atoms. The van der Waals surface area contributed by atoms with E-state index in [1.165, 1.54) is 31.4 Å². The number of hydrogen-bond donors (Lipinski definition) is 2. The van der Waals surface area contributed by atoms with E-state index in [0.29, 0.717) is 11.3 Å². The standard InChI is InChI=1S/C18H18N2O7S/c1-3-27-18(22)16(17(21)12-4-8-14(26-2)9-5-12)20-19-13-6-10-15(11-7-13)28(23,24)25/h4-11,21H,3H2,1-2H3,(H,23,24,25)/b17-16+,20-19?. The van der Waals surface area contributed by atoms with Crippen molar-refractivity contribution in [3.8, 4) is 5.75 Å². The highest BCUT2D eigenvalue weighted by Gasteiger charge is 2.18. The molecule has 28 heavy (non-hydrogen) atoms. The van der Waals surface area contributed by atoms with Crippen LogP contribution in [0.1, 0.15) is 12.5 Å². The van der Waals surface area contributed by atoms with Crippen LogP contribution in [0.3, 0.4) is 0 Å². The van der Waals surface area contributed by atoms with E-state index in [1.807, 2.05) is 0 Å². The lowest BCUT2D eigenvalue weighted by Crippen LogP contribution is -2.08. The molecule has 10 heteroatoms. The Morgan fingerprint density at radius 2 is 1.68 bits per heavy atom. The average Bonchev–Trinajstić information content (AvgIpc) is 2.68. The van der Waals surface area contributed by atoms with Crippen LogP contribution >= 0.6 is 0 Å². The molecule has 0 fully saturated rings. The largest absolute Gasteiger partial charge is 0.505 e. The second-order valence-electron chi connectivity index (χ2n) is 5.32. The Bertz CT molecular complexity index is 995. The Labute approximate surface area is 161 Å². The van der Waals surface area contributed by atoms with Crippen molar-refractivity contribution in [2.75, 3.05) is 13.7 Å². The third-order valence-corrected chi connectivity index (χ3v) is 4.32. The topological polar surface area (TPSA) is 135 Å². The second-order valence-corrected chi connectivity index (χ2v) is 6.74. The summed E-state index contributed by atoms with van der Waals surface area (Å²) < 4.78 is 41.0. The molecule has 0 aromatic heterocycles. The van der Waals surface area contributed by atoms with Crippen LogP contribution in [0.5, 0.6) is 5.75 Å². The second kappa shape index (κ2) is 9.11. The van der Waals surface area contributed by atoms with Gasteiger partial charge in [-0.15, -0.1) is 5.11 Å². The van der Waals surface area contributed by atoms with Crippen molar-refractivity contribution < 1.29 is 32.3 Å².